The Morgan fingerprint density at radius 1 is 1.22 bits per heavy atom. The zero-order valence-corrected chi connectivity index (χ0v) is 12.2. The Hall–Kier alpha value is -0.860. The molecule has 1 aromatic rings. The van der Waals surface area contributed by atoms with Crippen LogP contribution in [0.1, 0.15) is 38.7 Å². The van der Waals surface area contributed by atoms with E-state index in [0.717, 1.165) is 5.56 Å². The quantitative estimate of drug-likeness (QED) is 0.810. The highest BCUT2D eigenvalue weighted by Gasteiger charge is 2.28. The number of hydrogen-bond acceptors (Lipinski definition) is 2. The van der Waals surface area contributed by atoms with Crippen molar-refractivity contribution < 1.29 is 9.59 Å². The van der Waals surface area contributed by atoms with Crippen molar-refractivity contribution in [1.82, 2.24) is 0 Å². The second-order valence-electron chi connectivity index (χ2n) is 4.37. The fourth-order valence-corrected chi connectivity index (χ4v) is 2.22. The minimum Gasteiger partial charge on any atom is -0.300 e. The molecule has 0 aliphatic rings. The molecule has 2 nitrogen and oxygen atoms in total. The van der Waals surface area contributed by atoms with Crippen LogP contribution in [0.15, 0.2) is 18.2 Å². The van der Waals surface area contributed by atoms with Gasteiger partial charge in [-0.05, 0) is 24.6 Å². The van der Waals surface area contributed by atoms with Gasteiger partial charge in [0.25, 0.3) is 0 Å². The number of benzene rings is 1. The first-order valence-electron chi connectivity index (χ1n) is 5.86. The van der Waals surface area contributed by atoms with Gasteiger partial charge in [-0.3, -0.25) is 9.59 Å². The molecule has 0 fully saturated rings. The first-order valence-corrected chi connectivity index (χ1v) is 6.62. The van der Waals surface area contributed by atoms with Gasteiger partial charge in [0.2, 0.25) is 0 Å². The molecule has 0 radical (unpaired) electrons. The summed E-state index contributed by atoms with van der Waals surface area (Å²) in [5.74, 6) is -0.763. The number of Topliss-reactive ketones (excluding diaryl/α,β-unsaturated/α-hetero) is 2. The molecule has 0 N–H and O–H groups in total. The van der Waals surface area contributed by atoms with Crippen molar-refractivity contribution in [2.45, 2.75) is 33.1 Å². The lowest BCUT2D eigenvalue weighted by Crippen LogP contribution is -2.24. The van der Waals surface area contributed by atoms with Crippen LogP contribution in [0.3, 0.4) is 0 Å². The summed E-state index contributed by atoms with van der Waals surface area (Å²) in [5.41, 5.74) is 0.749. The maximum Gasteiger partial charge on any atom is 0.140 e. The summed E-state index contributed by atoms with van der Waals surface area (Å²) in [7, 11) is 0. The molecule has 0 spiro atoms. The Kier molecular flexibility index (Phi) is 5.36. The van der Waals surface area contributed by atoms with Crippen molar-refractivity contribution in [2.75, 3.05) is 0 Å². The van der Waals surface area contributed by atoms with Gasteiger partial charge in [0.05, 0.1) is 16.0 Å². The van der Waals surface area contributed by atoms with Crippen LogP contribution in [0.5, 0.6) is 0 Å². The zero-order valence-electron chi connectivity index (χ0n) is 10.7. The fraction of sp³-hybridized carbons (Fsp3) is 0.429. The van der Waals surface area contributed by atoms with Gasteiger partial charge in [0.1, 0.15) is 11.6 Å². The highest BCUT2D eigenvalue weighted by atomic mass is 35.5. The summed E-state index contributed by atoms with van der Waals surface area (Å²) in [6.45, 7) is 5.06. The summed E-state index contributed by atoms with van der Waals surface area (Å²) >= 11 is 11.8. The highest BCUT2D eigenvalue weighted by Crippen LogP contribution is 2.32. The topological polar surface area (TPSA) is 34.1 Å². The van der Waals surface area contributed by atoms with Crippen LogP contribution in [0.25, 0.3) is 0 Å². The third-order valence-electron chi connectivity index (χ3n) is 3.14. The lowest BCUT2D eigenvalue weighted by Gasteiger charge is -2.21. The van der Waals surface area contributed by atoms with Gasteiger partial charge in [-0.1, -0.05) is 43.1 Å². The molecule has 1 rings (SSSR count). The Balaban J connectivity index is 3.21. The van der Waals surface area contributed by atoms with Crippen LogP contribution in [0.4, 0.5) is 0 Å². The summed E-state index contributed by atoms with van der Waals surface area (Å²) < 4.78 is 0. The van der Waals surface area contributed by atoms with E-state index in [2.05, 4.69) is 0 Å². The molecule has 0 aliphatic heterocycles. The van der Waals surface area contributed by atoms with Gasteiger partial charge in [-0.25, -0.2) is 0 Å². The molecular formula is C14H16Cl2O2. The monoisotopic (exact) mass is 286 g/mol. The fourth-order valence-electron chi connectivity index (χ4n) is 1.91. The molecule has 0 saturated heterocycles. The van der Waals surface area contributed by atoms with E-state index < -0.39 is 5.92 Å². The van der Waals surface area contributed by atoms with E-state index >= 15 is 0 Å². The Morgan fingerprint density at radius 3 is 2.28 bits per heavy atom. The molecule has 2 unspecified atom stereocenters. The molecule has 2 atom stereocenters. The SMILES string of the molecule is CCC(=O)C(c1ccc(Cl)c(Cl)c1)C(C)C(C)=O. The van der Waals surface area contributed by atoms with Gasteiger partial charge in [0, 0.05) is 12.3 Å². The van der Waals surface area contributed by atoms with Crippen LogP contribution in [-0.4, -0.2) is 11.6 Å². The number of carbonyl (C=O) groups is 2. The van der Waals surface area contributed by atoms with E-state index in [0.29, 0.717) is 16.5 Å². The normalized spacial score (nSPS) is 14.1. The maximum absolute atomic E-state index is 12.0. The predicted octanol–water partition coefficient (Wildman–Crippen LogP) is 4.28. The van der Waals surface area contributed by atoms with Gasteiger partial charge < -0.3 is 0 Å². The van der Waals surface area contributed by atoms with E-state index in [1.807, 2.05) is 0 Å². The van der Waals surface area contributed by atoms with Gasteiger partial charge in [-0.2, -0.15) is 0 Å². The Labute approximate surface area is 117 Å². The molecule has 1 aromatic carbocycles. The number of ketones is 2. The minimum atomic E-state index is -0.442. The van der Waals surface area contributed by atoms with E-state index in [1.165, 1.54) is 6.92 Å². The first-order chi connectivity index (χ1) is 8.38. The molecular weight excluding hydrogens is 271 g/mol. The van der Waals surface area contributed by atoms with Gasteiger partial charge in [0.15, 0.2) is 0 Å². The summed E-state index contributed by atoms with van der Waals surface area (Å²) in [5, 5.41) is 0.845. The van der Waals surface area contributed by atoms with Crippen LogP contribution < -0.4 is 0 Å². The summed E-state index contributed by atoms with van der Waals surface area (Å²) in [6.07, 6.45) is 0.391. The molecule has 0 amide bonds. The lowest BCUT2D eigenvalue weighted by atomic mass is 9.81. The second kappa shape index (κ2) is 6.35. The van der Waals surface area contributed by atoms with E-state index in [1.54, 1.807) is 32.0 Å². The second-order valence-corrected chi connectivity index (χ2v) is 5.18. The molecule has 0 heterocycles. The van der Waals surface area contributed by atoms with Crippen molar-refractivity contribution in [3.8, 4) is 0 Å². The number of hydrogen-bond donors (Lipinski definition) is 0. The van der Waals surface area contributed by atoms with Crippen LogP contribution in [0, 0.1) is 5.92 Å². The van der Waals surface area contributed by atoms with Crippen LogP contribution >= 0.6 is 23.2 Å². The Morgan fingerprint density at radius 2 is 1.83 bits per heavy atom. The molecule has 0 aliphatic carbocycles. The van der Waals surface area contributed by atoms with E-state index in [4.69, 9.17) is 23.2 Å². The number of carbonyl (C=O) groups excluding carboxylic acids is 2. The summed E-state index contributed by atoms with van der Waals surface area (Å²) in [6, 6.07) is 5.08. The molecule has 18 heavy (non-hydrogen) atoms. The van der Waals surface area contributed by atoms with Crippen molar-refractivity contribution in [1.29, 1.82) is 0 Å². The molecule has 0 saturated carbocycles. The minimum absolute atomic E-state index is 0.00660. The molecule has 0 aromatic heterocycles. The lowest BCUT2D eigenvalue weighted by molar-refractivity contribution is -0.127. The average Bonchev–Trinajstić information content (AvgIpc) is 2.33. The molecule has 98 valence electrons. The van der Waals surface area contributed by atoms with Crippen molar-refractivity contribution in [3.63, 3.8) is 0 Å². The van der Waals surface area contributed by atoms with Crippen LogP contribution in [-0.2, 0) is 9.59 Å². The zero-order chi connectivity index (χ0) is 13.9. The van der Waals surface area contributed by atoms with E-state index in [-0.39, 0.29) is 17.5 Å². The molecule has 4 heteroatoms. The van der Waals surface area contributed by atoms with Crippen molar-refractivity contribution in [2.24, 2.45) is 5.92 Å². The largest absolute Gasteiger partial charge is 0.300 e. The van der Waals surface area contributed by atoms with Crippen LogP contribution in [0.2, 0.25) is 10.0 Å². The van der Waals surface area contributed by atoms with E-state index in [9.17, 15) is 9.59 Å². The average molecular weight is 287 g/mol. The third-order valence-corrected chi connectivity index (χ3v) is 3.88. The first kappa shape index (κ1) is 15.2. The van der Waals surface area contributed by atoms with Crippen molar-refractivity contribution >= 4 is 34.8 Å². The van der Waals surface area contributed by atoms with Gasteiger partial charge in [-0.15, -0.1) is 0 Å². The highest BCUT2D eigenvalue weighted by molar-refractivity contribution is 6.42. The smallest absolute Gasteiger partial charge is 0.140 e. The number of rotatable bonds is 5. The molecule has 0 bridgehead atoms. The third kappa shape index (κ3) is 3.33. The standard InChI is InChI=1S/C14H16Cl2O2/c1-4-13(18)14(8(2)9(3)17)10-5-6-11(15)12(16)7-10/h5-8,14H,4H2,1-3H3. The number of halogens is 2. The van der Waals surface area contributed by atoms with Gasteiger partial charge >= 0.3 is 0 Å². The maximum atomic E-state index is 12.0. The predicted molar refractivity (Wildman–Crippen MR) is 74.3 cm³/mol. The van der Waals surface area contributed by atoms with Crippen molar-refractivity contribution in [3.05, 3.63) is 33.8 Å². The summed E-state index contributed by atoms with van der Waals surface area (Å²) in [4.78, 5) is 23.5. The Bertz CT molecular complexity index is 469.